The van der Waals surface area contributed by atoms with Gasteiger partial charge >= 0.3 is 0 Å². The second-order valence-corrected chi connectivity index (χ2v) is 13.3. The van der Waals surface area contributed by atoms with Crippen molar-refractivity contribution < 1.29 is 18.3 Å². The first kappa shape index (κ1) is 35.6. The Balaban J connectivity index is 0.932. The first-order valence-electron chi connectivity index (χ1n) is 17.9. The number of nitrogens with zero attached hydrogens (tertiary/aromatic N) is 11. The van der Waals surface area contributed by atoms with Crippen LogP contribution in [0, 0.1) is 39.8 Å². The smallest absolute Gasteiger partial charge is 0.208 e. The molecular formula is C39H29F2N15O2. The average molecular weight is 778 g/mol. The molecule has 17 nitrogen and oxygen atoms in total. The van der Waals surface area contributed by atoms with Crippen LogP contribution in [-0.4, -0.2) is 58.2 Å². The molecule has 0 fully saturated rings. The minimum absolute atomic E-state index is 0.0317. The van der Waals surface area contributed by atoms with Crippen molar-refractivity contribution in [3.05, 3.63) is 124 Å². The topological polar surface area (TPSA) is 224 Å². The van der Waals surface area contributed by atoms with E-state index in [4.69, 9.17) is 15.0 Å². The maximum absolute atomic E-state index is 15.6. The molecule has 0 saturated heterocycles. The molecule has 19 heteroatoms. The van der Waals surface area contributed by atoms with Crippen LogP contribution in [0.1, 0.15) is 39.2 Å². The Hall–Kier alpha value is -8.06. The van der Waals surface area contributed by atoms with Gasteiger partial charge in [-0.2, -0.15) is 25.8 Å². The van der Waals surface area contributed by atoms with E-state index in [0.29, 0.717) is 92.3 Å². The number of hydrogen-bond donors (Lipinski definition) is 4. The molecule has 0 bridgehead atoms. The standard InChI is InChI=1S/C39H29F2N15O2/c1-45-31(17-50-44)27-16-49-39(56-19-21(12-43)53-37(27)56)47-14-25-23-10-35(58-33(23)7-5-29(25)41)34-9-22-24(28(40)4-6-32(22)57-34)13-46-38-48-15-26(30-3-2-8-51-54-30)36-52-20(11-42)18-55(36)38/h2-8,15-19,34-35,44-45H,9-10,13-14H2,1H3,(H,46,48)(H,47,49)/b31-17-,50-44?. The van der Waals surface area contributed by atoms with Gasteiger partial charge < -0.3 is 25.4 Å². The third-order valence-electron chi connectivity index (χ3n) is 10.1. The molecule has 2 unspecified atom stereocenters. The molecule has 2 atom stereocenters. The van der Waals surface area contributed by atoms with Gasteiger partial charge in [0.1, 0.15) is 47.5 Å². The van der Waals surface area contributed by atoms with Crippen molar-refractivity contribution in [2.75, 3.05) is 17.7 Å². The summed E-state index contributed by atoms with van der Waals surface area (Å²) < 4.78 is 47.0. The molecule has 7 aromatic rings. The largest absolute Gasteiger partial charge is 0.486 e. The Kier molecular flexibility index (Phi) is 8.93. The van der Waals surface area contributed by atoms with Crippen LogP contribution in [0.2, 0.25) is 0 Å². The number of fused-ring (bicyclic) bond motifs is 4. The lowest BCUT2D eigenvalue weighted by Gasteiger charge is -2.18. The van der Waals surface area contributed by atoms with Crippen molar-refractivity contribution in [2.45, 2.75) is 38.1 Å². The molecular weight excluding hydrogens is 749 g/mol. The number of ether oxygens (including phenoxy) is 2. The van der Waals surface area contributed by atoms with E-state index in [1.165, 1.54) is 30.7 Å². The van der Waals surface area contributed by atoms with E-state index in [9.17, 15) is 10.5 Å². The Morgan fingerprint density at radius 2 is 1.47 bits per heavy atom. The van der Waals surface area contributed by atoms with Crippen LogP contribution in [0.3, 0.4) is 0 Å². The highest BCUT2D eigenvalue weighted by Gasteiger charge is 2.39. The molecule has 0 radical (unpaired) electrons. The summed E-state index contributed by atoms with van der Waals surface area (Å²) in [5.41, 5.74) is 12.6. The number of imidazole rings is 2. The minimum atomic E-state index is -0.498. The fourth-order valence-corrected chi connectivity index (χ4v) is 7.37. The number of nitriles is 2. The zero-order valence-electron chi connectivity index (χ0n) is 30.4. The van der Waals surface area contributed by atoms with E-state index < -0.39 is 23.8 Å². The van der Waals surface area contributed by atoms with Gasteiger partial charge in [0.15, 0.2) is 22.7 Å². The van der Waals surface area contributed by atoms with E-state index in [2.05, 4.69) is 57.3 Å². The molecule has 0 spiro atoms. The van der Waals surface area contributed by atoms with Crippen LogP contribution >= 0.6 is 0 Å². The highest BCUT2D eigenvalue weighted by atomic mass is 19.1. The number of rotatable bonds is 11. The van der Waals surface area contributed by atoms with Crippen molar-refractivity contribution in [1.29, 1.82) is 16.1 Å². The molecule has 58 heavy (non-hydrogen) atoms. The number of nitrogens with one attached hydrogen (secondary N) is 4. The Labute approximate surface area is 327 Å². The lowest BCUT2D eigenvalue weighted by molar-refractivity contribution is 0.0845. The lowest BCUT2D eigenvalue weighted by atomic mass is 9.96. The van der Waals surface area contributed by atoms with Crippen LogP contribution in [0.5, 0.6) is 11.5 Å². The van der Waals surface area contributed by atoms with E-state index in [-0.39, 0.29) is 24.5 Å². The van der Waals surface area contributed by atoms with Gasteiger partial charge in [0.05, 0.1) is 41.1 Å². The van der Waals surface area contributed by atoms with Gasteiger partial charge in [0, 0.05) is 73.8 Å². The second-order valence-electron chi connectivity index (χ2n) is 13.3. The van der Waals surface area contributed by atoms with Gasteiger partial charge in [-0.25, -0.2) is 34.2 Å². The van der Waals surface area contributed by atoms with Gasteiger partial charge in [-0.05, 0) is 36.4 Å². The molecule has 0 amide bonds. The summed E-state index contributed by atoms with van der Waals surface area (Å²) in [6.45, 7) is 0.0790. The number of anilines is 2. The van der Waals surface area contributed by atoms with Crippen LogP contribution in [0.25, 0.3) is 28.2 Å². The minimum Gasteiger partial charge on any atom is -0.486 e. The lowest BCUT2D eigenvalue weighted by Crippen LogP contribution is -2.34. The summed E-state index contributed by atoms with van der Waals surface area (Å²) >= 11 is 0. The second kappa shape index (κ2) is 14.5. The van der Waals surface area contributed by atoms with Crippen molar-refractivity contribution in [3.8, 4) is 34.9 Å². The molecule has 4 N–H and O–H groups in total. The fourth-order valence-electron chi connectivity index (χ4n) is 7.37. The Morgan fingerprint density at radius 3 is 2.02 bits per heavy atom. The quantitative estimate of drug-likeness (QED) is 0.122. The van der Waals surface area contributed by atoms with Crippen LogP contribution in [-0.2, 0) is 25.9 Å². The zero-order valence-corrected chi connectivity index (χ0v) is 30.4. The molecule has 2 aliphatic heterocycles. The summed E-state index contributed by atoms with van der Waals surface area (Å²) in [5.74, 6) is 0.808. The number of halogens is 2. The Bertz CT molecular complexity index is 2900. The highest BCUT2D eigenvalue weighted by molar-refractivity contribution is 5.77. The number of benzene rings is 2. The van der Waals surface area contributed by atoms with E-state index in [0.717, 1.165) is 0 Å². The van der Waals surface area contributed by atoms with Crippen molar-refractivity contribution in [2.24, 2.45) is 5.11 Å². The van der Waals surface area contributed by atoms with Crippen molar-refractivity contribution in [3.63, 3.8) is 0 Å². The van der Waals surface area contributed by atoms with Crippen molar-refractivity contribution in [1.82, 2.24) is 44.3 Å². The summed E-state index contributed by atoms with van der Waals surface area (Å²) in [6, 6.07) is 13.5. The normalized spacial score (nSPS) is 15.6. The molecule has 0 saturated carbocycles. The highest BCUT2D eigenvalue weighted by Crippen LogP contribution is 2.41. The Morgan fingerprint density at radius 1 is 0.879 bits per heavy atom. The van der Waals surface area contributed by atoms with E-state index in [1.807, 2.05) is 6.07 Å². The van der Waals surface area contributed by atoms with Crippen molar-refractivity contribution >= 4 is 28.9 Å². The monoisotopic (exact) mass is 777 g/mol. The molecule has 0 aliphatic carbocycles. The van der Waals surface area contributed by atoms with E-state index in [1.54, 1.807) is 58.7 Å². The predicted molar refractivity (Wildman–Crippen MR) is 202 cm³/mol. The molecule has 9 rings (SSSR count). The molecule has 286 valence electrons. The molecule has 7 heterocycles. The van der Waals surface area contributed by atoms with Gasteiger partial charge in [-0.3, -0.25) is 8.80 Å². The first-order chi connectivity index (χ1) is 28.4. The van der Waals surface area contributed by atoms with E-state index >= 15 is 8.78 Å². The van der Waals surface area contributed by atoms with Crippen LogP contribution in [0.15, 0.2) is 78.7 Å². The average Bonchev–Trinajstić information content (AvgIpc) is 4.07. The summed E-state index contributed by atoms with van der Waals surface area (Å²) in [5, 5.41) is 39.9. The number of aromatic nitrogens is 8. The number of hydrogen-bond acceptors (Lipinski definition) is 15. The summed E-state index contributed by atoms with van der Waals surface area (Å²) in [7, 11) is 1.67. The molecule has 2 aromatic carbocycles. The first-order valence-corrected chi connectivity index (χ1v) is 17.9. The third-order valence-corrected chi connectivity index (χ3v) is 10.1. The predicted octanol–water partition coefficient (Wildman–Crippen LogP) is 5.33. The van der Waals surface area contributed by atoms with Gasteiger partial charge in [0.2, 0.25) is 11.9 Å². The molecule has 5 aromatic heterocycles. The maximum atomic E-state index is 15.6. The zero-order chi connectivity index (χ0) is 39.9. The van der Waals surface area contributed by atoms with Crippen LogP contribution in [0.4, 0.5) is 20.7 Å². The SMILES string of the molecule is CN/C(=C\N=N)c1cnc(NCc2c(F)ccc3c2CC(C2Cc4c(ccc(F)c4CNc4ncc(-c5cccnn5)c5nc(C#N)cn45)O2)O3)n2cc(C#N)nc12. The van der Waals surface area contributed by atoms with Gasteiger partial charge in [-0.15, -0.1) is 0 Å². The molecule has 2 aliphatic rings. The summed E-state index contributed by atoms with van der Waals surface area (Å²) in [6.07, 6.45) is 8.70. The maximum Gasteiger partial charge on any atom is 0.208 e. The summed E-state index contributed by atoms with van der Waals surface area (Å²) in [4.78, 5) is 17.9. The fraction of sp³-hybridized carbons (Fsp3) is 0.179. The third kappa shape index (κ3) is 6.16. The van der Waals surface area contributed by atoms with Crippen LogP contribution < -0.4 is 25.4 Å². The van der Waals surface area contributed by atoms with Gasteiger partial charge in [0.25, 0.3) is 0 Å². The van der Waals surface area contributed by atoms with Gasteiger partial charge in [-0.1, -0.05) is 0 Å².